The molecule has 3 rings (SSSR count). The molecule has 106 valence electrons. The molecule has 0 spiro atoms. The molecule has 0 radical (unpaired) electrons. The van der Waals surface area contributed by atoms with Crippen LogP contribution in [0.2, 0.25) is 0 Å². The SMILES string of the molecule is Nc1n[nH]c(-c2cncc(F)c2)c1-c1ccc(F)cc1F. The number of nitrogens with two attached hydrogens (primary N) is 1. The van der Waals surface area contributed by atoms with E-state index in [1.807, 2.05) is 0 Å². The maximum Gasteiger partial charge on any atom is 0.153 e. The van der Waals surface area contributed by atoms with Gasteiger partial charge in [0.1, 0.15) is 17.5 Å². The zero-order chi connectivity index (χ0) is 15.0. The molecular formula is C14H9F3N4. The highest BCUT2D eigenvalue weighted by Crippen LogP contribution is 2.36. The average molecular weight is 290 g/mol. The molecule has 0 bridgehead atoms. The number of H-pyrrole nitrogens is 1. The van der Waals surface area contributed by atoms with Crippen LogP contribution in [0.25, 0.3) is 22.4 Å². The average Bonchev–Trinajstić information content (AvgIpc) is 2.81. The van der Waals surface area contributed by atoms with Crippen LogP contribution in [0.3, 0.4) is 0 Å². The lowest BCUT2D eigenvalue weighted by molar-refractivity contribution is 0.585. The molecule has 0 aliphatic heterocycles. The minimum absolute atomic E-state index is 0.0276. The van der Waals surface area contributed by atoms with Gasteiger partial charge in [-0.1, -0.05) is 0 Å². The fourth-order valence-corrected chi connectivity index (χ4v) is 2.08. The van der Waals surface area contributed by atoms with Gasteiger partial charge in [-0.3, -0.25) is 10.1 Å². The first kappa shape index (κ1) is 13.2. The van der Waals surface area contributed by atoms with Gasteiger partial charge in [0.25, 0.3) is 0 Å². The van der Waals surface area contributed by atoms with Crippen molar-refractivity contribution in [1.29, 1.82) is 0 Å². The van der Waals surface area contributed by atoms with Crippen molar-refractivity contribution in [1.82, 2.24) is 15.2 Å². The minimum Gasteiger partial charge on any atom is -0.382 e. The van der Waals surface area contributed by atoms with Crippen molar-refractivity contribution >= 4 is 5.82 Å². The van der Waals surface area contributed by atoms with E-state index >= 15 is 0 Å². The fraction of sp³-hybridized carbons (Fsp3) is 0. The van der Waals surface area contributed by atoms with E-state index in [2.05, 4.69) is 15.2 Å². The van der Waals surface area contributed by atoms with E-state index in [1.165, 1.54) is 18.3 Å². The molecule has 4 nitrogen and oxygen atoms in total. The van der Waals surface area contributed by atoms with Gasteiger partial charge in [0.2, 0.25) is 0 Å². The molecule has 0 atom stereocenters. The van der Waals surface area contributed by atoms with Crippen LogP contribution in [0.4, 0.5) is 19.0 Å². The number of aromatic nitrogens is 3. The third-order valence-electron chi connectivity index (χ3n) is 2.99. The van der Waals surface area contributed by atoms with Crippen molar-refractivity contribution in [2.45, 2.75) is 0 Å². The number of nitrogens with zero attached hydrogens (tertiary/aromatic N) is 2. The second kappa shape index (κ2) is 4.93. The van der Waals surface area contributed by atoms with Crippen molar-refractivity contribution in [2.75, 3.05) is 5.73 Å². The first-order valence-electron chi connectivity index (χ1n) is 5.96. The first-order valence-corrected chi connectivity index (χ1v) is 5.96. The number of halogens is 3. The molecule has 7 heteroatoms. The Morgan fingerprint density at radius 1 is 1.00 bits per heavy atom. The molecule has 2 heterocycles. The van der Waals surface area contributed by atoms with Crippen LogP contribution < -0.4 is 5.73 Å². The second-order valence-corrected chi connectivity index (χ2v) is 4.37. The molecule has 0 saturated heterocycles. The van der Waals surface area contributed by atoms with E-state index in [0.717, 1.165) is 18.3 Å². The van der Waals surface area contributed by atoms with Gasteiger partial charge < -0.3 is 5.73 Å². The van der Waals surface area contributed by atoms with E-state index in [9.17, 15) is 13.2 Å². The Bertz CT molecular complexity index is 814. The van der Waals surface area contributed by atoms with Gasteiger partial charge in [-0.15, -0.1) is 0 Å². The van der Waals surface area contributed by atoms with Crippen molar-refractivity contribution < 1.29 is 13.2 Å². The molecule has 0 aliphatic rings. The Balaban J connectivity index is 2.22. The zero-order valence-electron chi connectivity index (χ0n) is 10.6. The van der Waals surface area contributed by atoms with Crippen LogP contribution in [0.1, 0.15) is 0 Å². The van der Waals surface area contributed by atoms with E-state index in [0.29, 0.717) is 11.3 Å². The van der Waals surface area contributed by atoms with Crippen LogP contribution >= 0.6 is 0 Å². The Hall–Kier alpha value is -2.83. The molecule has 2 aromatic heterocycles. The first-order chi connectivity index (χ1) is 10.1. The van der Waals surface area contributed by atoms with E-state index < -0.39 is 17.5 Å². The lowest BCUT2D eigenvalue weighted by atomic mass is 10.0. The second-order valence-electron chi connectivity index (χ2n) is 4.37. The number of benzene rings is 1. The number of aromatic amines is 1. The van der Waals surface area contributed by atoms with Gasteiger partial charge in [0.05, 0.1) is 17.5 Å². The molecule has 0 saturated carbocycles. The summed E-state index contributed by atoms with van der Waals surface area (Å²) in [7, 11) is 0. The smallest absolute Gasteiger partial charge is 0.153 e. The topological polar surface area (TPSA) is 67.6 Å². The van der Waals surface area contributed by atoms with Crippen molar-refractivity contribution in [3.05, 3.63) is 54.1 Å². The van der Waals surface area contributed by atoms with Gasteiger partial charge in [-0.25, -0.2) is 13.2 Å². The van der Waals surface area contributed by atoms with E-state index in [-0.39, 0.29) is 16.9 Å². The van der Waals surface area contributed by atoms with Crippen LogP contribution in [0.5, 0.6) is 0 Å². The molecule has 0 unspecified atom stereocenters. The monoisotopic (exact) mass is 290 g/mol. The van der Waals surface area contributed by atoms with Crippen molar-refractivity contribution in [3.8, 4) is 22.4 Å². The van der Waals surface area contributed by atoms with Crippen LogP contribution in [-0.2, 0) is 0 Å². The Kier molecular flexibility index (Phi) is 3.09. The zero-order valence-corrected chi connectivity index (χ0v) is 10.6. The Morgan fingerprint density at radius 3 is 2.52 bits per heavy atom. The number of nitrogen functional groups attached to an aromatic ring is 1. The number of hydrogen-bond acceptors (Lipinski definition) is 3. The molecule has 0 amide bonds. The third-order valence-corrected chi connectivity index (χ3v) is 2.99. The summed E-state index contributed by atoms with van der Waals surface area (Å²) in [5, 5.41) is 6.42. The number of anilines is 1. The van der Waals surface area contributed by atoms with Gasteiger partial charge in [0.15, 0.2) is 5.82 Å². The normalized spacial score (nSPS) is 10.8. The molecule has 0 fully saturated rings. The summed E-state index contributed by atoms with van der Waals surface area (Å²) in [5.74, 6) is -2.01. The van der Waals surface area contributed by atoms with E-state index in [4.69, 9.17) is 5.73 Å². The molecule has 3 aromatic rings. The summed E-state index contributed by atoms with van der Waals surface area (Å²) in [6, 6.07) is 4.32. The highest BCUT2D eigenvalue weighted by atomic mass is 19.1. The van der Waals surface area contributed by atoms with Crippen LogP contribution in [0, 0.1) is 17.5 Å². The maximum absolute atomic E-state index is 13.9. The maximum atomic E-state index is 13.9. The summed E-state index contributed by atoms with van der Waals surface area (Å²) in [4.78, 5) is 3.72. The van der Waals surface area contributed by atoms with Gasteiger partial charge in [0, 0.05) is 23.4 Å². The minimum atomic E-state index is -0.784. The Morgan fingerprint density at radius 2 is 1.81 bits per heavy atom. The van der Waals surface area contributed by atoms with Crippen molar-refractivity contribution in [3.63, 3.8) is 0 Å². The fourth-order valence-electron chi connectivity index (χ4n) is 2.08. The molecular weight excluding hydrogens is 281 g/mol. The number of rotatable bonds is 2. The molecule has 0 aliphatic carbocycles. The summed E-state index contributed by atoms with van der Waals surface area (Å²) in [6.07, 6.45) is 2.43. The van der Waals surface area contributed by atoms with Gasteiger partial charge >= 0.3 is 0 Å². The van der Waals surface area contributed by atoms with Crippen LogP contribution in [0.15, 0.2) is 36.7 Å². The predicted octanol–water partition coefficient (Wildman–Crippen LogP) is 3.14. The highest BCUT2D eigenvalue weighted by Gasteiger charge is 2.18. The summed E-state index contributed by atoms with van der Waals surface area (Å²) >= 11 is 0. The molecule has 1 aromatic carbocycles. The largest absolute Gasteiger partial charge is 0.382 e. The summed E-state index contributed by atoms with van der Waals surface area (Å²) in [5.41, 5.74) is 6.72. The van der Waals surface area contributed by atoms with Crippen LogP contribution in [-0.4, -0.2) is 15.2 Å². The summed E-state index contributed by atoms with van der Waals surface area (Å²) in [6.45, 7) is 0. The van der Waals surface area contributed by atoms with Gasteiger partial charge in [-0.05, 0) is 18.2 Å². The number of nitrogens with one attached hydrogen (secondary N) is 1. The Labute approximate surface area is 117 Å². The van der Waals surface area contributed by atoms with E-state index in [1.54, 1.807) is 0 Å². The number of hydrogen-bond donors (Lipinski definition) is 2. The lowest BCUT2D eigenvalue weighted by Gasteiger charge is -2.06. The highest BCUT2D eigenvalue weighted by molar-refractivity contribution is 5.87. The predicted molar refractivity (Wildman–Crippen MR) is 71.5 cm³/mol. The quantitative estimate of drug-likeness (QED) is 0.762. The summed E-state index contributed by atoms with van der Waals surface area (Å²) < 4.78 is 40.2. The third kappa shape index (κ3) is 2.33. The molecule has 21 heavy (non-hydrogen) atoms. The number of pyridine rings is 1. The lowest BCUT2D eigenvalue weighted by Crippen LogP contribution is -1.93. The standard InChI is InChI=1S/C14H9F3N4/c15-8-1-2-10(11(17)4-8)12-13(20-21-14(12)18)7-3-9(16)6-19-5-7/h1-6H,(H3,18,20,21). The van der Waals surface area contributed by atoms with Crippen molar-refractivity contribution in [2.24, 2.45) is 0 Å². The molecule has 3 N–H and O–H groups in total. The van der Waals surface area contributed by atoms with Gasteiger partial charge in [-0.2, -0.15) is 5.10 Å².